The van der Waals surface area contributed by atoms with Gasteiger partial charge in [0.25, 0.3) is 0 Å². The number of piperidine rings is 1. The number of urea groups is 1. The van der Waals surface area contributed by atoms with Gasteiger partial charge < -0.3 is 5.32 Å². The van der Waals surface area contributed by atoms with E-state index in [0.717, 1.165) is 42.4 Å². The van der Waals surface area contributed by atoms with Gasteiger partial charge in [0, 0.05) is 18.5 Å². The van der Waals surface area contributed by atoms with Crippen molar-refractivity contribution >= 4 is 22.5 Å². The second-order valence-corrected chi connectivity index (χ2v) is 5.14. The minimum atomic E-state index is -0.164. The van der Waals surface area contributed by atoms with Crippen molar-refractivity contribution in [2.24, 2.45) is 0 Å². The van der Waals surface area contributed by atoms with Gasteiger partial charge in [0.05, 0.1) is 5.69 Å². The van der Waals surface area contributed by atoms with Gasteiger partial charge in [0.15, 0.2) is 0 Å². The molecular weight excluding hydrogens is 250 g/mol. The molecule has 104 valence electrons. The number of hydrogen-bond acceptors (Lipinski definition) is 2. The van der Waals surface area contributed by atoms with Gasteiger partial charge in [-0.05, 0) is 24.3 Å². The van der Waals surface area contributed by atoms with Gasteiger partial charge in [-0.25, -0.2) is 9.80 Å². The molecule has 20 heavy (non-hydrogen) atoms. The molecule has 0 radical (unpaired) electrons. The van der Waals surface area contributed by atoms with Crippen molar-refractivity contribution in [3.63, 3.8) is 0 Å². The van der Waals surface area contributed by atoms with Crippen molar-refractivity contribution in [3.8, 4) is 0 Å². The molecule has 1 aliphatic heterocycles. The number of rotatable bonds is 2. The quantitative estimate of drug-likeness (QED) is 0.878. The third kappa shape index (κ3) is 2.91. The maximum absolute atomic E-state index is 12.1. The molecule has 2 aromatic carbocycles. The standard InChI is InChI=1S/C16H19N3O/c20-16(18-19-11-4-1-5-12-19)17-15-10-6-8-13-7-2-3-9-14(13)15/h2-3,6-10H,1,4-5,11-12H2,(H2,17,18,20). The monoisotopic (exact) mass is 269 g/mol. The first-order valence-electron chi connectivity index (χ1n) is 7.13. The second-order valence-electron chi connectivity index (χ2n) is 5.14. The zero-order valence-electron chi connectivity index (χ0n) is 11.4. The molecule has 0 saturated carbocycles. The summed E-state index contributed by atoms with van der Waals surface area (Å²) in [6, 6.07) is 13.8. The number of hydrogen-bond donors (Lipinski definition) is 2. The summed E-state index contributed by atoms with van der Waals surface area (Å²) in [5, 5.41) is 7.12. The number of nitrogens with one attached hydrogen (secondary N) is 2. The fraction of sp³-hybridized carbons (Fsp3) is 0.312. The Kier molecular flexibility index (Phi) is 3.83. The van der Waals surface area contributed by atoms with Crippen molar-refractivity contribution < 1.29 is 4.79 Å². The molecule has 1 saturated heterocycles. The lowest BCUT2D eigenvalue weighted by Crippen LogP contribution is -2.46. The number of nitrogens with zero attached hydrogens (tertiary/aromatic N) is 1. The molecule has 0 unspecified atom stereocenters. The summed E-state index contributed by atoms with van der Waals surface area (Å²) in [5.74, 6) is 0. The van der Waals surface area contributed by atoms with E-state index in [1.54, 1.807) is 0 Å². The Bertz CT molecular complexity index is 600. The van der Waals surface area contributed by atoms with Crippen LogP contribution < -0.4 is 10.7 Å². The third-order valence-electron chi connectivity index (χ3n) is 3.65. The van der Waals surface area contributed by atoms with Gasteiger partial charge in [0.2, 0.25) is 0 Å². The number of amides is 2. The molecule has 2 N–H and O–H groups in total. The Balaban J connectivity index is 1.71. The number of fused-ring (bicyclic) bond motifs is 1. The molecule has 4 heteroatoms. The average Bonchev–Trinajstić information content (AvgIpc) is 2.48. The highest BCUT2D eigenvalue weighted by molar-refractivity contribution is 6.01. The highest BCUT2D eigenvalue weighted by atomic mass is 16.2. The minimum Gasteiger partial charge on any atom is -0.306 e. The fourth-order valence-corrected chi connectivity index (χ4v) is 2.63. The molecule has 0 bridgehead atoms. The molecule has 2 amide bonds. The van der Waals surface area contributed by atoms with Crippen LogP contribution >= 0.6 is 0 Å². The summed E-state index contributed by atoms with van der Waals surface area (Å²) in [6.45, 7) is 1.87. The molecule has 0 aliphatic carbocycles. The highest BCUT2D eigenvalue weighted by Crippen LogP contribution is 2.22. The zero-order chi connectivity index (χ0) is 13.8. The molecule has 0 aromatic heterocycles. The van der Waals surface area contributed by atoms with Crippen molar-refractivity contribution in [2.45, 2.75) is 19.3 Å². The van der Waals surface area contributed by atoms with E-state index in [0.29, 0.717) is 0 Å². The highest BCUT2D eigenvalue weighted by Gasteiger charge is 2.13. The number of benzene rings is 2. The first-order valence-corrected chi connectivity index (χ1v) is 7.13. The van der Waals surface area contributed by atoms with Gasteiger partial charge in [-0.15, -0.1) is 0 Å². The molecule has 0 atom stereocenters. The first kappa shape index (κ1) is 12.9. The van der Waals surface area contributed by atoms with E-state index in [-0.39, 0.29) is 6.03 Å². The van der Waals surface area contributed by atoms with Crippen LogP contribution in [0.1, 0.15) is 19.3 Å². The second kappa shape index (κ2) is 5.92. The molecule has 2 aromatic rings. The summed E-state index contributed by atoms with van der Waals surface area (Å²) >= 11 is 0. The third-order valence-corrected chi connectivity index (χ3v) is 3.65. The smallest absolute Gasteiger partial charge is 0.306 e. The molecule has 3 rings (SSSR count). The number of carbonyl (C=O) groups is 1. The van der Waals surface area contributed by atoms with Crippen LogP contribution in [0.15, 0.2) is 42.5 Å². The number of hydrazine groups is 1. The van der Waals surface area contributed by atoms with Gasteiger partial charge in [-0.3, -0.25) is 5.43 Å². The zero-order valence-corrected chi connectivity index (χ0v) is 11.4. The van der Waals surface area contributed by atoms with Gasteiger partial charge in [-0.1, -0.05) is 42.8 Å². The maximum Gasteiger partial charge on any atom is 0.333 e. The van der Waals surface area contributed by atoms with Gasteiger partial charge >= 0.3 is 6.03 Å². The molecule has 1 aliphatic rings. The Morgan fingerprint density at radius 1 is 0.950 bits per heavy atom. The number of anilines is 1. The van der Waals surface area contributed by atoms with Gasteiger partial charge in [-0.2, -0.15) is 0 Å². The maximum atomic E-state index is 12.1. The predicted octanol–water partition coefficient (Wildman–Crippen LogP) is 3.36. The fourth-order valence-electron chi connectivity index (χ4n) is 2.63. The summed E-state index contributed by atoms with van der Waals surface area (Å²) in [6.07, 6.45) is 3.55. The Morgan fingerprint density at radius 3 is 2.55 bits per heavy atom. The summed E-state index contributed by atoms with van der Waals surface area (Å²) in [4.78, 5) is 12.1. The van der Waals surface area contributed by atoms with E-state index in [1.807, 2.05) is 47.5 Å². The van der Waals surface area contributed by atoms with Crippen molar-refractivity contribution in [3.05, 3.63) is 42.5 Å². The van der Waals surface area contributed by atoms with Crippen LogP contribution in [-0.2, 0) is 0 Å². The largest absolute Gasteiger partial charge is 0.333 e. The molecule has 0 spiro atoms. The SMILES string of the molecule is O=C(Nc1cccc2ccccc12)NN1CCCCC1. The van der Waals surface area contributed by atoms with Crippen LogP contribution in [-0.4, -0.2) is 24.1 Å². The van der Waals surface area contributed by atoms with Gasteiger partial charge in [0.1, 0.15) is 0 Å². The van der Waals surface area contributed by atoms with E-state index in [4.69, 9.17) is 0 Å². The lowest BCUT2D eigenvalue weighted by Gasteiger charge is -2.26. The minimum absolute atomic E-state index is 0.164. The van der Waals surface area contributed by atoms with Crippen LogP contribution in [0.5, 0.6) is 0 Å². The normalized spacial score (nSPS) is 16.0. The van der Waals surface area contributed by atoms with E-state index in [9.17, 15) is 4.79 Å². The van der Waals surface area contributed by atoms with Crippen molar-refractivity contribution in [1.29, 1.82) is 0 Å². The van der Waals surface area contributed by atoms with Crippen molar-refractivity contribution in [2.75, 3.05) is 18.4 Å². The lowest BCUT2D eigenvalue weighted by molar-refractivity contribution is 0.162. The molecule has 1 heterocycles. The summed E-state index contributed by atoms with van der Waals surface area (Å²) in [7, 11) is 0. The topological polar surface area (TPSA) is 44.4 Å². The van der Waals surface area contributed by atoms with Crippen LogP contribution in [0.3, 0.4) is 0 Å². The summed E-state index contributed by atoms with van der Waals surface area (Å²) < 4.78 is 0. The van der Waals surface area contributed by atoms with Crippen LogP contribution in [0, 0.1) is 0 Å². The molecule has 4 nitrogen and oxygen atoms in total. The molecular formula is C16H19N3O. The Labute approximate surface area is 118 Å². The van der Waals surface area contributed by atoms with Crippen molar-refractivity contribution in [1.82, 2.24) is 10.4 Å². The predicted molar refractivity (Wildman–Crippen MR) is 81.5 cm³/mol. The van der Waals surface area contributed by atoms with E-state index in [1.165, 1.54) is 6.42 Å². The lowest BCUT2D eigenvalue weighted by atomic mass is 10.1. The van der Waals surface area contributed by atoms with Crippen LogP contribution in [0.2, 0.25) is 0 Å². The first-order chi connectivity index (χ1) is 9.83. The van der Waals surface area contributed by atoms with E-state index in [2.05, 4.69) is 10.7 Å². The molecule has 1 fully saturated rings. The Morgan fingerprint density at radius 2 is 1.70 bits per heavy atom. The van der Waals surface area contributed by atoms with Crippen LogP contribution in [0.25, 0.3) is 10.8 Å². The van der Waals surface area contributed by atoms with E-state index < -0.39 is 0 Å². The summed E-state index contributed by atoms with van der Waals surface area (Å²) in [5.41, 5.74) is 3.76. The Hall–Kier alpha value is -2.07. The van der Waals surface area contributed by atoms with E-state index >= 15 is 0 Å². The average molecular weight is 269 g/mol. The van der Waals surface area contributed by atoms with Crippen LogP contribution in [0.4, 0.5) is 10.5 Å². The number of carbonyl (C=O) groups excluding carboxylic acids is 1.